The summed E-state index contributed by atoms with van der Waals surface area (Å²) in [6.07, 6.45) is 0.693. The van der Waals surface area contributed by atoms with Crippen molar-refractivity contribution in [2.45, 2.75) is 18.1 Å². The number of ether oxygens (including phenoxy) is 1. The van der Waals surface area contributed by atoms with Crippen LogP contribution in [0.2, 0.25) is 0 Å². The summed E-state index contributed by atoms with van der Waals surface area (Å²) in [5.41, 5.74) is 2.54. The van der Waals surface area contributed by atoms with Gasteiger partial charge in [-0.2, -0.15) is 0 Å². The topological polar surface area (TPSA) is 86.1 Å². The zero-order chi connectivity index (χ0) is 20.6. The van der Waals surface area contributed by atoms with Gasteiger partial charge in [0.1, 0.15) is 5.82 Å². The van der Waals surface area contributed by atoms with Crippen LogP contribution in [0.15, 0.2) is 59.8 Å². The SMILES string of the molecule is COC(=O)c1ccc(CNC(=O)CSc2nnc(Cc3ccccc3)n2C)cc1. The van der Waals surface area contributed by atoms with Crippen LogP contribution in [0, 0.1) is 0 Å². The summed E-state index contributed by atoms with van der Waals surface area (Å²) >= 11 is 1.35. The molecule has 1 amide bonds. The lowest BCUT2D eigenvalue weighted by molar-refractivity contribution is -0.118. The van der Waals surface area contributed by atoms with Gasteiger partial charge in [-0.05, 0) is 23.3 Å². The zero-order valence-corrected chi connectivity index (χ0v) is 17.1. The Morgan fingerprint density at radius 3 is 2.45 bits per heavy atom. The molecule has 0 radical (unpaired) electrons. The van der Waals surface area contributed by atoms with Crippen LogP contribution in [-0.2, 0) is 29.5 Å². The van der Waals surface area contributed by atoms with Crippen molar-refractivity contribution < 1.29 is 14.3 Å². The van der Waals surface area contributed by atoms with E-state index in [1.165, 1.54) is 18.9 Å². The van der Waals surface area contributed by atoms with E-state index < -0.39 is 0 Å². The van der Waals surface area contributed by atoms with E-state index in [1.807, 2.05) is 41.9 Å². The second-order valence-electron chi connectivity index (χ2n) is 6.37. The van der Waals surface area contributed by atoms with E-state index in [-0.39, 0.29) is 17.6 Å². The number of hydrogen-bond donors (Lipinski definition) is 1. The molecule has 0 aliphatic carbocycles. The number of thioether (sulfide) groups is 1. The van der Waals surface area contributed by atoms with Gasteiger partial charge < -0.3 is 14.6 Å². The fourth-order valence-electron chi connectivity index (χ4n) is 2.66. The smallest absolute Gasteiger partial charge is 0.337 e. The fourth-order valence-corrected chi connectivity index (χ4v) is 3.42. The second-order valence-corrected chi connectivity index (χ2v) is 7.32. The summed E-state index contributed by atoms with van der Waals surface area (Å²) < 4.78 is 6.58. The monoisotopic (exact) mass is 410 g/mol. The Morgan fingerprint density at radius 1 is 1.03 bits per heavy atom. The van der Waals surface area contributed by atoms with Gasteiger partial charge in [-0.3, -0.25) is 4.79 Å². The van der Waals surface area contributed by atoms with E-state index in [2.05, 4.69) is 20.3 Å². The lowest BCUT2D eigenvalue weighted by atomic mass is 10.1. The highest BCUT2D eigenvalue weighted by Gasteiger charge is 2.12. The number of methoxy groups -OCH3 is 1. The summed E-state index contributed by atoms with van der Waals surface area (Å²) in [5.74, 6) is 0.620. The van der Waals surface area contributed by atoms with Crippen molar-refractivity contribution in [2.75, 3.05) is 12.9 Å². The molecule has 0 saturated heterocycles. The number of benzene rings is 2. The van der Waals surface area contributed by atoms with Gasteiger partial charge in [0, 0.05) is 20.0 Å². The minimum atomic E-state index is -0.382. The van der Waals surface area contributed by atoms with Crippen molar-refractivity contribution in [2.24, 2.45) is 7.05 Å². The number of nitrogens with one attached hydrogen (secondary N) is 1. The predicted molar refractivity (Wildman–Crippen MR) is 111 cm³/mol. The van der Waals surface area contributed by atoms with Crippen molar-refractivity contribution in [3.63, 3.8) is 0 Å². The number of rotatable bonds is 8. The fraction of sp³-hybridized carbons (Fsp3) is 0.238. The summed E-state index contributed by atoms with van der Waals surface area (Å²) in [5, 5.41) is 12.0. The van der Waals surface area contributed by atoms with Crippen molar-refractivity contribution in [1.29, 1.82) is 0 Å². The maximum atomic E-state index is 12.2. The first-order valence-corrected chi connectivity index (χ1v) is 10.0. The molecule has 29 heavy (non-hydrogen) atoms. The first kappa shape index (κ1) is 20.6. The van der Waals surface area contributed by atoms with E-state index >= 15 is 0 Å². The molecule has 1 aromatic heterocycles. The highest BCUT2D eigenvalue weighted by Crippen LogP contribution is 2.17. The molecule has 0 atom stereocenters. The lowest BCUT2D eigenvalue weighted by Crippen LogP contribution is -2.24. The number of carbonyl (C=O) groups is 2. The van der Waals surface area contributed by atoms with Crippen molar-refractivity contribution >= 4 is 23.6 Å². The molecule has 1 heterocycles. The summed E-state index contributed by atoms with van der Waals surface area (Å²) in [6.45, 7) is 0.388. The molecule has 0 saturated carbocycles. The van der Waals surface area contributed by atoms with Gasteiger partial charge in [0.05, 0.1) is 18.4 Å². The van der Waals surface area contributed by atoms with E-state index in [4.69, 9.17) is 0 Å². The van der Waals surface area contributed by atoms with E-state index in [1.54, 1.807) is 24.3 Å². The van der Waals surface area contributed by atoms with Crippen molar-refractivity contribution in [3.05, 3.63) is 77.1 Å². The van der Waals surface area contributed by atoms with Crippen LogP contribution in [0.1, 0.15) is 27.3 Å². The molecule has 0 aliphatic heterocycles. The van der Waals surface area contributed by atoms with Crippen LogP contribution in [0.25, 0.3) is 0 Å². The Labute approximate surface area is 173 Å². The minimum absolute atomic E-state index is 0.0975. The highest BCUT2D eigenvalue weighted by atomic mass is 32.2. The molecule has 1 N–H and O–H groups in total. The number of carbonyl (C=O) groups excluding carboxylic acids is 2. The molecule has 0 spiro atoms. The molecular weight excluding hydrogens is 388 g/mol. The highest BCUT2D eigenvalue weighted by molar-refractivity contribution is 7.99. The molecule has 2 aromatic carbocycles. The molecule has 0 fully saturated rings. The normalized spacial score (nSPS) is 10.6. The molecule has 3 aromatic rings. The quantitative estimate of drug-likeness (QED) is 0.454. The van der Waals surface area contributed by atoms with E-state index in [0.717, 1.165) is 17.0 Å². The predicted octanol–water partition coefficient (Wildman–Crippen LogP) is 2.60. The Bertz CT molecular complexity index is 971. The first-order valence-electron chi connectivity index (χ1n) is 9.05. The third-order valence-corrected chi connectivity index (χ3v) is 5.35. The summed E-state index contributed by atoms with van der Waals surface area (Å²) in [6, 6.07) is 17.0. The van der Waals surface area contributed by atoms with Gasteiger partial charge >= 0.3 is 5.97 Å². The zero-order valence-electron chi connectivity index (χ0n) is 16.3. The average Bonchev–Trinajstić information content (AvgIpc) is 3.10. The Hall–Kier alpha value is -3.13. The third kappa shape index (κ3) is 5.68. The van der Waals surface area contributed by atoms with Crippen LogP contribution in [0.4, 0.5) is 0 Å². The van der Waals surface area contributed by atoms with Gasteiger partial charge in [0.15, 0.2) is 5.16 Å². The third-order valence-electron chi connectivity index (χ3n) is 4.33. The molecule has 7 nitrogen and oxygen atoms in total. The number of amides is 1. The molecule has 150 valence electrons. The Balaban J connectivity index is 1.48. The van der Waals surface area contributed by atoms with Gasteiger partial charge in [-0.25, -0.2) is 4.79 Å². The number of aromatic nitrogens is 3. The summed E-state index contributed by atoms with van der Waals surface area (Å²) in [7, 11) is 3.25. The number of nitrogens with zero attached hydrogens (tertiary/aromatic N) is 3. The first-order chi connectivity index (χ1) is 14.1. The maximum Gasteiger partial charge on any atom is 0.337 e. The van der Waals surface area contributed by atoms with Gasteiger partial charge in [-0.1, -0.05) is 54.2 Å². The second kappa shape index (κ2) is 9.88. The maximum absolute atomic E-state index is 12.2. The Morgan fingerprint density at radius 2 is 1.76 bits per heavy atom. The summed E-state index contributed by atoms with van der Waals surface area (Å²) in [4.78, 5) is 23.6. The van der Waals surface area contributed by atoms with Crippen molar-refractivity contribution in [1.82, 2.24) is 20.1 Å². The van der Waals surface area contributed by atoms with E-state index in [9.17, 15) is 9.59 Å². The Kier molecular flexibility index (Phi) is 7.02. The molecular formula is C21H22N4O3S. The number of hydrogen-bond acceptors (Lipinski definition) is 6. The largest absolute Gasteiger partial charge is 0.465 e. The molecule has 0 unspecified atom stereocenters. The van der Waals surface area contributed by atoms with Crippen LogP contribution in [0.3, 0.4) is 0 Å². The van der Waals surface area contributed by atoms with Crippen LogP contribution >= 0.6 is 11.8 Å². The van der Waals surface area contributed by atoms with Gasteiger partial charge in [0.25, 0.3) is 0 Å². The van der Waals surface area contributed by atoms with Crippen LogP contribution < -0.4 is 5.32 Å². The lowest BCUT2D eigenvalue weighted by Gasteiger charge is -2.07. The molecule has 0 aliphatic rings. The molecule has 0 bridgehead atoms. The van der Waals surface area contributed by atoms with Gasteiger partial charge in [0.2, 0.25) is 5.91 Å². The number of esters is 1. The standard InChI is InChI=1S/C21H22N4O3S/c1-25-18(12-15-6-4-3-5-7-15)23-24-21(25)29-14-19(26)22-13-16-8-10-17(11-9-16)20(27)28-2/h3-11H,12-14H2,1-2H3,(H,22,26). The van der Waals surface area contributed by atoms with E-state index in [0.29, 0.717) is 23.7 Å². The van der Waals surface area contributed by atoms with Crippen molar-refractivity contribution in [3.8, 4) is 0 Å². The van der Waals surface area contributed by atoms with Gasteiger partial charge in [-0.15, -0.1) is 10.2 Å². The van der Waals surface area contributed by atoms with Crippen LogP contribution in [0.5, 0.6) is 0 Å². The van der Waals surface area contributed by atoms with Crippen LogP contribution in [-0.4, -0.2) is 39.5 Å². The molecule has 8 heteroatoms. The average molecular weight is 410 g/mol. The minimum Gasteiger partial charge on any atom is -0.465 e. The molecule has 3 rings (SSSR count).